The van der Waals surface area contributed by atoms with Crippen molar-refractivity contribution < 1.29 is 4.79 Å². The van der Waals surface area contributed by atoms with Crippen LogP contribution in [0.15, 0.2) is 24.3 Å². The minimum atomic E-state index is 0.0862. The Labute approximate surface area is 126 Å². The molecule has 1 saturated carbocycles. The predicted molar refractivity (Wildman–Crippen MR) is 86.4 cm³/mol. The number of carbonyl (C=O) groups is 1. The van der Waals surface area contributed by atoms with Crippen LogP contribution in [0.5, 0.6) is 0 Å². The van der Waals surface area contributed by atoms with Crippen LogP contribution < -0.4 is 16.0 Å². The van der Waals surface area contributed by atoms with Gasteiger partial charge in [-0.05, 0) is 49.8 Å². The molecule has 3 unspecified atom stereocenters. The van der Waals surface area contributed by atoms with E-state index >= 15 is 0 Å². The smallest absolute Gasteiger partial charge is 0.243 e. The molecule has 0 radical (unpaired) electrons. The molecule has 1 amide bonds. The lowest BCUT2D eigenvalue weighted by Crippen LogP contribution is -2.51. The van der Waals surface area contributed by atoms with Gasteiger partial charge in [0.1, 0.15) is 0 Å². The Bertz CT molecular complexity index is 517. The topological polar surface area (TPSA) is 58.4 Å². The van der Waals surface area contributed by atoms with E-state index in [0.717, 1.165) is 23.7 Å². The zero-order valence-corrected chi connectivity index (χ0v) is 12.7. The monoisotopic (exact) mass is 287 g/mol. The molecule has 21 heavy (non-hydrogen) atoms. The quantitative estimate of drug-likeness (QED) is 0.898. The van der Waals surface area contributed by atoms with Crippen LogP contribution in [-0.2, 0) is 4.79 Å². The van der Waals surface area contributed by atoms with E-state index in [1.165, 1.54) is 19.3 Å². The molecule has 3 rings (SSSR count). The van der Waals surface area contributed by atoms with E-state index < -0.39 is 0 Å². The molecule has 0 spiro atoms. The highest BCUT2D eigenvalue weighted by Crippen LogP contribution is 2.39. The van der Waals surface area contributed by atoms with Gasteiger partial charge in [-0.15, -0.1) is 0 Å². The molecular formula is C17H25N3O. The Morgan fingerprint density at radius 1 is 1.33 bits per heavy atom. The molecule has 1 fully saturated rings. The van der Waals surface area contributed by atoms with E-state index in [9.17, 15) is 4.79 Å². The number of para-hydroxylation sites is 2. The summed E-state index contributed by atoms with van der Waals surface area (Å²) in [4.78, 5) is 14.3. The van der Waals surface area contributed by atoms with Crippen molar-refractivity contribution in [1.82, 2.24) is 0 Å². The lowest BCUT2D eigenvalue weighted by molar-refractivity contribution is -0.115. The Morgan fingerprint density at radius 2 is 2.14 bits per heavy atom. The average molecular weight is 287 g/mol. The van der Waals surface area contributed by atoms with Gasteiger partial charge in [-0.1, -0.05) is 25.5 Å². The van der Waals surface area contributed by atoms with E-state index in [0.29, 0.717) is 25.0 Å². The summed E-state index contributed by atoms with van der Waals surface area (Å²) in [5.41, 5.74) is 8.10. The maximum Gasteiger partial charge on any atom is 0.243 e. The van der Waals surface area contributed by atoms with Gasteiger partial charge < -0.3 is 16.0 Å². The highest BCUT2D eigenvalue weighted by molar-refractivity contribution is 6.01. The zero-order chi connectivity index (χ0) is 14.8. The van der Waals surface area contributed by atoms with Crippen molar-refractivity contribution in [3.8, 4) is 0 Å². The number of amides is 1. The molecule has 2 aliphatic rings. The number of hydrogen-bond donors (Lipinski definition) is 2. The first kappa shape index (κ1) is 14.4. The molecule has 4 heteroatoms. The van der Waals surface area contributed by atoms with Gasteiger partial charge in [0.2, 0.25) is 5.91 Å². The standard InChI is InChI=1S/C17H25N3O/c1-2-12-7-8-13(10-18)16(9-12)20-11-17(21)19-14-5-3-4-6-15(14)20/h3-6,12-13,16H,2,7-11,18H2,1H3,(H,19,21). The third kappa shape index (κ3) is 2.77. The second kappa shape index (κ2) is 6.06. The van der Waals surface area contributed by atoms with Crippen molar-refractivity contribution in [2.75, 3.05) is 23.3 Å². The summed E-state index contributed by atoms with van der Waals surface area (Å²) < 4.78 is 0. The lowest BCUT2D eigenvalue weighted by Gasteiger charge is -2.45. The largest absolute Gasteiger partial charge is 0.357 e. The Kier molecular flexibility index (Phi) is 4.15. The molecule has 3 N–H and O–H groups in total. The van der Waals surface area contributed by atoms with Crippen LogP contribution in [0.1, 0.15) is 32.6 Å². The molecule has 1 aliphatic heterocycles. The van der Waals surface area contributed by atoms with E-state index in [1.807, 2.05) is 18.2 Å². The fraction of sp³-hybridized carbons (Fsp3) is 0.588. The van der Waals surface area contributed by atoms with E-state index in [4.69, 9.17) is 5.73 Å². The van der Waals surface area contributed by atoms with Gasteiger partial charge in [-0.3, -0.25) is 4.79 Å². The molecule has 3 atom stereocenters. The molecule has 0 bridgehead atoms. The number of hydrogen-bond acceptors (Lipinski definition) is 3. The average Bonchev–Trinajstić information content (AvgIpc) is 2.53. The van der Waals surface area contributed by atoms with Crippen molar-refractivity contribution in [1.29, 1.82) is 0 Å². The van der Waals surface area contributed by atoms with Crippen LogP contribution >= 0.6 is 0 Å². The first-order valence-corrected chi connectivity index (χ1v) is 8.08. The van der Waals surface area contributed by atoms with Gasteiger partial charge in [-0.2, -0.15) is 0 Å². The van der Waals surface area contributed by atoms with Crippen LogP contribution in [0.3, 0.4) is 0 Å². The number of nitrogens with one attached hydrogen (secondary N) is 1. The number of benzene rings is 1. The van der Waals surface area contributed by atoms with Crippen molar-refractivity contribution in [2.45, 2.75) is 38.6 Å². The van der Waals surface area contributed by atoms with Crippen LogP contribution in [0.4, 0.5) is 11.4 Å². The molecule has 114 valence electrons. The van der Waals surface area contributed by atoms with Gasteiger partial charge in [0.15, 0.2) is 0 Å². The zero-order valence-electron chi connectivity index (χ0n) is 12.7. The summed E-state index contributed by atoms with van der Waals surface area (Å²) in [6.07, 6.45) is 4.83. The fourth-order valence-electron chi connectivity index (χ4n) is 3.88. The van der Waals surface area contributed by atoms with Gasteiger partial charge >= 0.3 is 0 Å². The number of nitrogens with zero attached hydrogens (tertiary/aromatic N) is 1. The number of rotatable bonds is 3. The molecule has 4 nitrogen and oxygen atoms in total. The molecule has 0 aromatic heterocycles. The van der Waals surface area contributed by atoms with Crippen LogP contribution in [0.25, 0.3) is 0 Å². The molecule has 1 heterocycles. The van der Waals surface area contributed by atoms with Gasteiger partial charge in [0.05, 0.1) is 17.9 Å². The third-order valence-corrected chi connectivity index (χ3v) is 5.15. The van der Waals surface area contributed by atoms with E-state index in [1.54, 1.807) is 0 Å². The Balaban J connectivity index is 1.91. The minimum Gasteiger partial charge on any atom is -0.357 e. The number of carbonyl (C=O) groups excluding carboxylic acids is 1. The molecular weight excluding hydrogens is 262 g/mol. The predicted octanol–water partition coefficient (Wildman–Crippen LogP) is 2.60. The maximum atomic E-state index is 12.0. The second-order valence-electron chi connectivity index (χ2n) is 6.34. The summed E-state index contributed by atoms with van der Waals surface area (Å²) in [6.45, 7) is 3.43. The maximum absolute atomic E-state index is 12.0. The SMILES string of the molecule is CCC1CCC(CN)C(N2CC(=O)Nc3ccccc32)C1. The van der Waals surface area contributed by atoms with Gasteiger partial charge in [0.25, 0.3) is 0 Å². The number of nitrogens with two attached hydrogens (primary N) is 1. The summed E-state index contributed by atoms with van der Waals surface area (Å²) in [5.74, 6) is 1.34. The normalized spacial score (nSPS) is 29.0. The highest BCUT2D eigenvalue weighted by atomic mass is 16.2. The van der Waals surface area contributed by atoms with Crippen molar-refractivity contribution in [3.05, 3.63) is 24.3 Å². The summed E-state index contributed by atoms with van der Waals surface area (Å²) in [6, 6.07) is 8.50. The molecule has 1 aromatic carbocycles. The van der Waals surface area contributed by atoms with Crippen LogP contribution in [-0.4, -0.2) is 25.0 Å². The highest BCUT2D eigenvalue weighted by Gasteiger charge is 2.36. The number of fused-ring (bicyclic) bond motifs is 1. The van der Waals surface area contributed by atoms with Crippen molar-refractivity contribution in [2.24, 2.45) is 17.6 Å². The Morgan fingerprint density at radius 3 is 2.90 bits per heavy atom. The first-order valence-electron chi connectivity index (χ1n) is 8.08. The second-order valence-corrected chi connectivity index (χ2v) is 6.34. The first-order chi connectivity index (χ1) is 10.2. The van der Waals surface area contributed by atoms with Crippen LogP contribution in [0, 0.1) is 11.8 Å². The van der Waals surface area contributed by atoms with E-state index in [-0.39, 0.29) is 5.91 Å². The van der Waals surface area contributed by atoms with Crippen LogP contribution in [0.2, 0.25) is 0 Å². The summed E-state index contributed by atoms with van der Waals surface area (Å²) in [7, 11) is 0. The number of anilines is 2. The molecule has 0 saturated heterocycles. The van der Waals surface area contributed by atoms with E-state index in [2.05, 4.69) is 23.2 Å². The summed E-state index contributed by atoms with van der Waals surface area (Å²) in [5, 5.41) is 2.98. The Hall–Kier alpha value is -1.55. The van der Waals surface area contributed by atoms with Crippen molar-refractivity contribution >= 4 is 17.3 Å². The minimum absolute atomic E-state index is 0.0862. The molecule has 1 aliphatic carbocycles. The third-order valence-electron chi connectivity index (χ3n) is 5.15. The fourth-order valence-corrected chi connectivity index (χ4v) is 3.88. The van der Waals surface area contributed by atoms with Crippen molar-refractivity contribution in [3.63, 3.8) is 0 Å². The molecule has 1 aromatic rings. The van der Waals surface area contributed by atoms with Gasteiger partial charge in [0, 0.05) is 6.04 Å². The lowest BCUT2D eigenvalue weighted by atomic mass is 9.76. The summed E-state index contributed by atoms with van der Waals surface area (Å²) >= 11 is 0. The van der Waals surface area contributed by atoms with Gasteiger partial charge in [-0.25, -0.2) is 0 Å².